The van der Waals surface area contributed by atoms with E-state index in [2.05, 4.69) is 53.4 Å². The second-order valence-corrected chi connectivity index (χ2v) is 15.8. The van der Waals surface area contributed by atoms with Crippen LogP contribution in [0.4, 0.5) is 5.95 Å². The van der Waals surface area contributed by atoms with Crippen molar-refractivity contribution < 1.29 is 22.4 Å². The molecule has 2 aromatic carbocycles. The van der Waals surface area contributed by atoms with E-state index in [0.717, 1.165) is 40.9 Å². The molecule has 7 rings (SSSR count). The van der Waals surface area contributed by atoms with Gasteiger partial charge in [0.25, 0.3) is 15.9 Å². The number of sulfonamides is 1. The zero-order chi connectivity index (χ0) is 36.0. The summed E-state index contributed by atoms with van der Waals surface area (Å²) in [5.74, 6) is 1.30. The van der Waals surface area contributed by atoms with Crippen molar-refractivity contribution in [2.75, 3.05) is 11.3 Å². The second kappa shape index (κ2) is 13.6. The van der Waals surface area contributed by atoms with Crippen molar-refractivity contribution in [2.24, 2.45) is 11.8 Å². The molecule has 2 aliphatic rings. The number of aryl methyl sites for hydroxylation is 2. The zero-order valence-electron chi connectivity index (χ0n) is 29.7. The van der Waals surface area contributed by atoms with Crippen LogP contribution in [0.25, 0.3) is 22.5 Å². The highest BCUT2D eigenvalue weighted by molar-refractivity contribution is 7.92. The monoisotopic (exact) mass is 706 g/mol. The maximum absolute atomic E-state index is 14.7. The number of fused-ring (bicyclic) bond motifs is 5. The van der Waals surface area contributed by atoms with E-state index >= 15 is 0 Å². The lowest BCUT2D eigenvalue weighted by Crippen LogP contribution is -2.43. The minimum Gasteiger partial charge on any atom is -0.475 e. The molecular formula is C39H42N6O5S. The minimum absolute atomic E-state index is 0.0248. The smallest absolute Gasteiger partial charge is 0.264 e. The van der Waals surface area contributed by atoms with Gasteiger partial charge in [0.15, 0.2) is 0 Å². The van der Waals surface area contributed by atoms with Crippen LogP contribution in [0.2, 0.25) is 0 Å². The van der Waals surface area contributed by atoms with E-state index in [9.17, 15) is 13.2 Å². The highest BCUT2D eigenvalue weighted by Gasteiger charge is 2.31. The number of benzene rings is 2. The van der Waals surface area contributed by atoms with Crippen LogP contribution >= 0.6 is 0 Å². The molecule has 5 aromatic rings. The summed E-state index contributed by atoms with van der Waals surface area (Å²) < 4.78 is 42.5. The van der Waals surface area contributed by atoms with Crippen LogP contribution in [0.5, 0.6) is 5.88 Å². The molecule has 1 N–H and O–H groups in total. The van der Waals surface area contributed by atoms with Crippen molar-refractivity contribution >= 4 is 33.1 Å². The van der Waals surface area contributed by atoms with Gasteiger partial charge in [-0.3, -0.25) is 4.79 Å². The third kappa shape index (κ3) is 7.23. The van der Waals surface area contributed by atoms with Crippen LogP contribution in [-0.4, -0.2) is 51.8 Å². The van der Waals surface area contributed by atoms with E-state index in [1.807, 2.05) is 38.1 Å². The number of nitrogens with zero attached hydrogens (tertiary/aromatic N) is 5. The summed E-state index contributed by atoms with van der Waals surface area (Å²) in [5, 5.41) is 0. The molecule has 1 amide bonds. The molecule has 51 heavy (non-hydrogen) atoms. The van der Waals surface area contributed by atoms with Crippen molar-refractivity contribution in [3.8, 4) is 17.1 Å². The average molecular weight is 707 g/mol. The number of ether oxygens (including phenoxy) is 1. The van der Waals surface area contributed by atoms with Gasteiger partial charge in [-0.15, -0.1) is 0 Å². The van der Waals surface area contributed by atoms with Crippen molar-refractivity contribution in [1.82, 2.24) is 24.8 Å². The number of hydrogen-bond acceptors (Lipinski definition) is 9. The van der Waals surface area contributed by atoms with E-state index in [1.165, 1.54) is 12.1 Å². The standard InChI is InChI=1S/C39H42N6O5S/c1-22(2)31(23(3)4)16-29-21-49-35-18-32(36-24(5)9-7-10-25(36)6)42-39(43-35)44-51(47,48)30-12-8-11-27(15-30)38(46)45(29)20-28-19-40-37-33(41-28)17-34(50-37)26-13-14-26/h7-12,15-19,22-23,26,29H,13-14,20-21H2,1-6H3,(H,42,43,44). The Morgan fingerprint density at radius 1 is 0.980 bits per heavy atom. The van der Waals surface area contributed by atoms with E-state index in [0.29, 0.717) is 28.5 Å². The molecule has 0 spiro atoms. The average Bonchev–Trinajstić information content (AvgIpc) is 3.85. The van der Waals surface area contributed by atoms with Crippen molar-refractivity contribution in [2.45, 2.75) is 77.8 Å². The third-order valence-corrected chi connectivity index (χ3v) is 10.8. The maximum atomic E-state index is 14.7. The number of aromatic nitrogens is 4. The summed E-state index contributed by atoms with van der Waals surface area (Å²) >= 11 is 0. The third-order valence-electron chi connectivity index (χ3n) is 9.46. The fraction of sp³-hybridized carbons (Fsp3) is 0.359. The lowest BCUT2D eigenvalue weighted by molar-refractivity contribution is 0.0641. The largest absolute Gasteiger partial charge is 0.475 e. The van der Waals surface area contributed by atoms with Crippen molar-refractivity contribution in [3.05, 3.63) is 101 Å². The van der Waals surface area contributed by atoms with Crippen LogP contribution in [0.15, 0.2) is 81.8 Å². The van der Waals surface area contributed by atoms with E-state index in [4.69, 9.17) is 14.1 Å². The molecule has 1 fully saturated rings. The maximum Gasteiger partial charge on any atom is 0.264 e. The van der Waals surface area contributed by atoms with E-state index in [1.54, 1.807) is 29.3 Å². The summed E-state index contributed by atoms with van der Waals surface area (Å²) in [7, 11) is -4.20. The lowest BCUT2D eigenvalue weighted by atomic mass is 9.90. The fourth-order valence-electron chi connectivity index (χ4n) is 6.74. The number of carbonyl (C=O) groups excluding carboxylic acids is 1. The molecule has 0 radical (unpaired) electrons. The molecule has 1 aliphatic heterocycles. The van der Waals surface area contributed by atoms with Crippen LogP contribution in [-0.2, 0) is 16.6 Å². The zero-order valence-corrected chi connectivity index (χ0v) is 30.5. The summed E-state index contributed by atoms with van der Waals surface area (Å²) in [6.07, 6.45) is 5.89. The van der Waals surface area contributed by atoms with Gasteiger partial charge in [-0.1, -0.05) is 63.6 Å². The molecule has 12 heteroatoms. The molecule has 1 unspecified atom stereocenters. The van der Waals surface area contributed by atoms with E-state index in [-0.39, 0.29) is 53.2 Å². The second-order valence-electron chi connectivity index (χ2n) is 14.1. The highest BCUT2D eigenvalue weighted by Crippen LogP contribution is 2.41. The summed E-state index contributed by atoms with van der Waals surface area (Å²) in [6.45, 7) is 12.6. The summed E-state index contributed by atoms with van der Waals surface area (Å²) in [4.78, 5) is 34.8. The Kier molecular flexibility index (Phi) is 9.13. The van der Waals surface area contributed by atoms with Gasteiger partial charge in [-0.05, 0) is 67.9 Å². The molecule has 3 aromatic heterocycles. The number of amides is 1. The Morgan fingerprint density at radius 2 is 1.71 bits per heavy atom. The first-order valence-electron chi connectivity index (χ1n) is 17.4. The van der Waals surface area contributed by atoms with Gasteiger partial charge in [0.1, 0.15) is 17.9 Å². The van der Waals surface area contributed by atoms with Gasteiger partial charge in [0.05, 0.1) is 35.1 Å². The number of allylic oxidation sites excluding steroid dienone is 1. The molecular weight excluding hydrogens is 665 g/mol. The number of anilines is 1. The molecule has 264 valence electrons. The number of nitrogens with one attached hydrogen (secondary N) is 1. The first-order chi connectivity index (χ1) is 24.4. The molecule has 1 aliphatic carbocycles. The van der Waals surface area contributed by atoms with Crippen molar-refractivity contribution in [1.29, 1.82) is 0 Å². The van der Waals surface area contributed by atoms with Gasteiger partial charge in [0, 0.05) is 29.2 Å². The van der Waals surface area contributed by atoms with Gasteiger partial charge >= 0.3 is 0 Å². The topological polar surface area (TPSA) is 140 Å². The SMILES string of the molecule is Cc1cccc(C)c1-c1cc2nc(n1)NS(=O)(=O)c1cccc(c1)C(=O)N(Cc1cnc3oc(C4CC4)cc3n1)C(C=C(C(C)C)C(C)C)CO2. The summed E-state index contributed by atoms with van der Waals surface area (Å²) in [5.41, 5.74) is 6.30. The fourth-order valence-corrected chi connectivity index (χ4v) is 7.73. The Hall–Kier alpha value is -5.10. The Bertz CT molecular complexity index is 2240. The molecule has 4 heterocycles. The van der Waals surface area contributed by atoms with Gasteiger partial charge < -0.3 is 14.1 Å². The molecule has 0 saturated heterocycles. The van der Waals surface area contributed by atoms with E-state index < -0.39 is 16.1 Å². The highest BCUT2D eigenvalue weighted by atomic mass is 32.2. The van der Waals surface area contributed by atoms with Gasteiger partial charge in [-0.25, -0.2) is 28.1 Å². The van der Waals surface area contributed by atoms with Crippen LogP contribution in [0.3, 0.4) is 0 Å². The number of rotatable bonds is 7. The van der Waals surface area contributed by atoms with Crippen LogP contribution in [0.1, 0.15) is 79.4 Å². The number of hydrogen-bond donors (Lipinski definition) is 1. The molecule has 1 saturated carbocycles. The summed E-state index contributed by atoms with van der Waals surface area (Å²) in [6, 6.07) is 15.0. The lowest BCUT2D eigenvalue weighted by Gasteiger charge is -2.31. The predicted molar refractivity (Wildman–Crippen MR) is 195 cm³/mol. The number of carbonyl (C=O) groups is 1. The first kappa shape index (κ1) is 34.4. The minimum atomic E-state index is -4.20. The quantitative estimate of drug-likeness (QED) is 0.169. The van der Waals surface area contributed by atoms with Gasteiger partial charge in [-0.2, -0.15) is 4.98 Å². The molecule has 1 atom stereocenters. The molecule has 4 bridgehead atoms. The predicted octanol–water partition coefficient (Wildman–Crippen LogP) is 7.62. The normalized spacial score (nSPS) is 17.4. The number of furan rings is 1. The van der Waals surface area contributed by atoms with Crippen LogP contribution in [0, 0.1) is 25.7 Å². The van der Waals surface area contributed by atoms with Crippen LogP contribution < -0.4 is 9.46 Å². The Morgan fingerprint density at radius 3 is 2.41 bits per heavy atom. The Labute approximate surface area is 298 Å². The molecule has 11 nitrogen and oxygen atoms in total. The van der Waals surface area contributed by atoms with Gasteiger partial charge in [0.2, 0.25) is 17.5 Å². The Balaban J connectivity index is 1.38. The van der Waals surface area contributed by atoms with Crippen molar-refractivity contribution in [3.63, 3.8) is 0 Å². The first-order valence-corrected chi connectivity index (χ1v) is 18.8.